The molecule has 8 heteroatoms. The van der Waals surface area contributed by atoms with Gasteiger partial charge in [-0.05, 0) is 49.9 Å². The molecule has 1 aromatic carbocycles. The van der Waals surface area contributed by atoms with Crippen LogP contribution in [0.5, 0.6) is 0 Å². The minimum absolute atomic E-state index is 0.0399. The number of aryl methyl sites for hydroxylation is 1. The van der Waals surface area contributed by atoms with Crippen LogP contribution < -0.4 is 5.69 Å². The third-order valence-corrected chi connectivity index (χ3v) is 6.12. The van der Waals surface area contributed by atoms with Crippen LogP contribution in [0.4, 0.5) is 4.39 Å². The Hall–Kier alpha value is -2.32. The van der Waals surface area contributed by atoms with Crippen LogP contribution in [0.25, 0.3) is 0 Å². The largest absolute Gasteiger partial charge is 0.382 e. The number of likely N-dealkylation sites (tertiary alicyclic amines) is 1. The lowest BCUT2D eigenvalue weighted by Gasteiger charge is -2.37. The predicted octanol–water partition coefficient (Wildman–Crippen LogP) is 1.62. The molecule has 0 spiro atoms. The molecule has 2 aromatic rings. The molecule has 1 fully saturated rings. The van der Waals surface area contributed by atoms with Gasteiger partial charge in [0.1, 0.15) is 17.2 Å². The molecule has 0 radical (unpaired) electrons. The van der Waals surface area contributed by atoms with Gasteiger partial charge in [-0.3, -0.25) is 9.36 Å². The highest BCUT2D eigenvalue weighted by atomic mass is 19.1. The maximum atomic E-state index is 13.1. The van der Waals surface area contributed by atoms with Crippen molar-refractivity contribution in [3.8, 4) is 0 Å². The Labute approximate surface area is 168 Å². The fourth-order valence-corrected chi connectivity index (χ4v) is 4.25. The zero-order valence-corrected chi connectivity index (χ0v) is 16.5. The normalized spacial score (nSPS) is 19.5. The van der Waals surface area contributed by atoms with Crippen molar-refractivity contribution in [1.82, 2.24) is 19.2 Å². The van der Waals surface area contributed by atoms with E-state index in [0.717, 1.165) is 38.1 Å². The van der Waals surface area contributed by atoms with Crippen LogP contribution >= 0.6 is 0 Å². The number of halogens is 1. The van der Waals surface area contributed by atoms with E-state index < -0.39 is 11.4 Å². The summed E-state index contributed by atoms with van der Waals surface area (Å²) in [6, 6.07) is 5.29. The smallest absolute Gasteiger partial charge is 0.345 e. The third-order valence-electron chi connectivity index (χ3n) is 6.12. The van der Waals surface area contributed by atoms with Crippen LogP contribution in [0.2, 0.25) is 0 Å². The molecule has 0 saturated carbocycles. The number of rotatable bonds is 5. The molecule has 0 amide bonds. The summed E-state index contributed by atoms with van der Waals surface area (Å²) in [7, 11) is 0. The number of hydrogen-bond donors (Lipinski definition) is 1. The van der Waals surface area contributed by atoms with Gasteiger partial charge in [0, 0.05) is 38.2 Å². The molecular weight excluding hydrogens is 375 g/mol. The summed E-state index contributed by atoms with van der Waals surface area (Å²) in [6.45, 7) is 3.02. The number of carbonyl (C=O) groups excluding carboxylic acids is 1. The maximum absolute atomic E-state index is 13.1. The number of piperidine rings is 1. The molecule has 0 unspecified atom stereocenters. The second-order valence-electron chi connectivity index (χ2n) is 8.09. The van der Waals surface area contributed by atoms with Gasteiger partial charge < -0.3 is 10.0 Å². The Morgan fingerprint density at radius 3 is 2.52 bits per heavy atom. The summed E-state index contributed by atoms with van der Waals surface area (Å²) < 4.78 is 16.4. The number of aromatic nitrogens is 3. The number of fused-ring (bicyclic) bond motifs is 1. The Kier molecular flexibility index (Phi) is 5.65. The molecule has 7 nitrogen and oxygen atoms in total. The number of ketones is 1. The van der Waals surface area contributed by atoms with Crippen molar-refractivity contribution in [2.45, 2.75) is 57.2 Å². The summed E-state index contributed by atoms with van der Waals surface area (Å²) >= 11 is 0. The van der Waals surface area contributed by atoms with E-state index in [1.807, 2.05) is 0 Å². The Morgan fingerprint density at radius 2 is 1.79 bits per heavy atom. The van der Waals surface area contributed by atoms with E-state index in [0.29, 0.717) is 44.6 Å². The van der Waals surface area contributed by atoms with Crippen molar-refractivity contribution in [2.75, 3.05) is 19.6 Å². The molecule has 1 saturated heterocycles. The maximum Gasteiger partial charge on any atom is 0.345 e. The molecule has 0 aliphatic carbocycles. The van der Waals surface area contributed by atoms with Crippen LogP contribution in [0, 0.1) is 5.82 Å². The second-order valence-corrected chi connectivity index (χ2v) is 8.09. The monoisotopic (exact) mass is 402 g/mol. The Morgan fingerprint density at radius 1 is 1.07 bits per heavy atom. The summed E-state index contributed by atoms with van der Waals surface area (Å²) in [4.78, 5) is 27.3. The van der Waals surface area contributed by atoms with E-state index in [4.69, 9.17) is 0 Å². The number of benzene rings is 1. The summed E-state index contributed by atoms with van der Waals surface area (Å²) in [5, 5.41) is 15.3. The van der Waals surface area contributed by atoms with Gasteiger partial charge in [-0.15, -0.1) is 0 Å². The minimum atomic E-state index is -1.42. The van der Waals surface area contributed by atoms with E-state index in [2.05, 4.69) is 10.00 Å². The first-order valence-corrected chi connectivity index (χ1v) is 10.4. The minimum Gasteiger partial charge on any atom is -0.382 e. The predicted molar refractivity (Wildman–Crippen MR) is 105 cm³/mol. The van der Waals surface area contributed by atoms with Gasteiger partial charge in [0.15, 0.2) is 5.78 Å². The summed E-state index contributed by atoms with van der Waals surface area (Å²) in [6.07, 6.45) is 4.71. The Balaban J connectivity index is 1.34. The molecule has 4 rings (SSSR count). The fraction of sp³-hybridized carbons (Fsp3) is 0.571. The lowest BCUT2D eigenvalue weighted by molar-refractivity contribution is -0.00699. The van der Waals surface area contributed by atoms with Crippen LogP contribution in [-0.2, 0) is 19.5 Å². The fourth-order valence-electron chi connectivity index (χ4n) is 4.25. The van der Waals surface area contributed by atoms with Crippen molar-refractivity contribution < 1.29 is 14.3 Å². The quantitative estimate of drug-likeness (QED) is 0.769. The number of aliphatic hydroxyl groups is 1. The SMILES string of the molecule is O=C(c1ccc(F)cc1)C1(O)CCN(CCn2nc3n(c2=O)CCCCC3)CC1. The molecule has 3 heterocycles. The lowest BCUT2D eigenvalue weighted by Crippen LogP contribution is -2.50. The second kappa shape index (κ2) is 8.20. The number of hydrogen-bond acceptors (Lipinski definition) is 5. The highest BCUT2D eigenvalue weighted by Gasteiger charge is 2.39. The highest BCUT2D eigenvalue weighted by molar-refractivity contribution is 6.02. The van der Waals surface area contributed by atoms with Gasteiger partial charge in [0.05, 0.1) is 6.54 Å². The van der Waals surface area contributed by atoms with E-state index in [1.165, 1.54) is 24.3 Å². The van der Waals surface area contributed by atoms with Crippen LogP contribution in [-0.4, -0.2) is 55.4 Å². The van der Waals surface area contributed by atoms with Crippen molar-refractivity contribution >= 4 is 5.78 Å². The van der Waals surface area contributed by atoms with Crippen molar-refractivity contribution in [1.29, 1.82) is 0 Å². The standard InChI is InChI=1S/C21H27FN4O3/c22-17-7-5-16(6-8-17)19(27)21(29)9-12-24(13-10-21)14-15-26-20(28)25-11-3-1-2-4-18(25)23-26/h5-8,29H,1-4,9-15H2. The number of carbonyl (C=O) groups is 1. The van der Waals surface area contributed by atoms with Gasteiger partial charge in [-0.25, -0.2) is 13.9 Å². The average Bonchev–Trinajstić information content (AvgIpc) is 2.88. The molecule has 29 heavy (non-hydrogen) atoms. The first-order valence-electron chi connectivity index (χ1n) is 10.4. The molecular formula is C21H27FN4O3. The molecule has 2 aliphatic heterocycles. The zero-order valence-electron chi connectivity index (χ0n) is 16.5. The highest BCUT2D eigenvalue weighted by Crippen LogP contribution is 2.26. The number of nitrogens with zero attached hydrogens (tertiary/aromatic N) is 4. The molecule has 2 aliphatic rings. The van der Waals surface area contributed by atoms with Crippen LogP contribution in [0.3, 0.4) is 0 Å². The van der Waals surface area contributed by atoms with Gasteiger partial charge in [-0.1, -0.05) is 6.42 Å². The van der Waals surface area contributed by atoms with Gasteiger partial charge in [0.2, 0.25) is 0 Å². The molecule has 1 N–H and O–H groups in total. The molecule has 0 bridgehead atoms. The summed E-state index contributed by atoms with van der Waals surface area (Å²) in [5.74, 6) is 0.117. The van der Waals surface area contributed by atoms with Crippen molar-refractivity contribution in [3.05, 3.63) is 52.0 Å². The van der Waals surface area contributed by atoms with Gasteiger partial charge >= 0.3 is 5.69 Å². The van der Waals surface area contributed by atoms with E-state index in [9.17, 15) is 19.1 Å². The molecule has 0 atom stereocenters. The first-order chi connectivity index (χ1) is 14.0. The molecule has 156 valence electrons. The third kappa shape index (κ3) is 4.18. The average molecular weight is 402 g/mol. The lowest BCUT2D eigenvalue weighted by atomic mass is 9.84. The van der Waals surface area contributed by atoms with Crippen LogP contribution in [0.15, 0.2) is 29.1 Å². The van der Waals surface area contributed by atoms with Crippen LogP contribution in [0.1, 0.15) is 48.3 Å². The topological polar surface area (TPSA) is 80.4 Å². The van der Waals surface area contributed by atoms with Crippen molar-refractivity contribution in [2.24, 2.45) is 0 Å². The van der Waals surface area contributed by atoms with Gasteiger partial charge in [0.25, 0.3) is 0 Å². The summed E-state index contributed by atoms with van der Waals surface area (Å²) in [5.41, 5.74) is -1.13. The Bertz CT molecular complexity index is 926. The molecule has 1 aromatic heterocycles. The zero-order chi connectivity index (χ0) is 20.4. The van der Waals surface area contributed by atoms with Gasteiger partial charge in [-0.2, -0.15) is 5.10 Å². The van der Waals surface area contributed by atoms with E-state index in [1.54, 1.807) is 9.25 Å². The van der Waals surface area contributed by atoms with Crippen molar-refractivity contribution in [3.63, 3.8) is 0 Å². The van der Waals surface area contributed by atoms with E-state index >= 15 is 0 Å². The first kappa shape index (κ1) is 20.0. The van der Waals surface area contributed by atoms with E-state index in [-0.39, 0.29) is 11.5 Å². The number of Topliss-reactive ketones (excluding diaryl/α,β-unsaturated/α-hetero) is 1.